The van der Waals surface area contributed by atoms with Crippen LogP contribution in [0.15, 0.2) is 12.1 Å². The number of benzene rings is 1. The van der Waals surface area contributed by atoms with Crippen molar-refractivity contribution in [2.24, 2.45) is 0 Å². The normalized spacial score (nSPS) is 18.6. The van der Waals surface area contributed by atoms with Crippen LogP contribution < -0.4 is 10.6 Å². The van der Waals surface area contributed by atoms with Crippen molar-refractivity contribution in [2.45, 2.75) is 25.9 Å². The third kappa shape index (κ3) is 3.60. The van der Waals surface area contributed by atoms with Crippen molar-refractivity contribution in [3.05, 3.63) is 22.7 Å². The molecule has 0 radical (unpaired) electrons. The minimum absolute atomic E-state index is 0.141. The van der Waals surface area contributed by atoms with Gasteiger partial charge in [-0.05, 0) is 31.9 Å². The quantitative estimate of drug-likeness (QED) is 0.684. The number of hydrogen-bond donors (Lipinski definition) is 1. The van der Waals surface area contributed by atoms with Gasteiger partial charge in [-0.3, -0.25) is 0 Å². The lowest BCUT2D eigenvalue weighted by atomic mass is 10.0. The number of methoxy groups -OCH3 is 1. The number of carbonyl (C=O) groups is 1. The third-order valence-corrected chi connectivity index (χ3v) is 3.90. The highest BCUT2D eigenvalue weighted by Gasteiger charge is 2.26. The highest BCUT2D eigenvalue weighted by molar-refractivity contribution is 6.34. The van der Waals surface area contributed by atoms with Crippen LogP contribution in [0.1, 0.15) is 30.1 Å². The zero-order valence-corrected chi connectivity index (χ0v) is 13.2. The maximum absolute atomic E-state index is 12.2. The first-order valence-electron chi connectivity index (χ1n) is 7.10. The van der Waals surface area contributed by atoms with E-state index >= 15 is 0 Å². The van der Waals surface area contributed by atoms with Crippen LogP contribution in [0.4, 0.5) is 11.4 Å². The Labute approximate surface area is 130 Å². The SMILES string of the molecule is CCOC(=O)c1cc(N)cc(Cl)c1N1CCCC(OC)C1. The Morgan fingerprint density at radius 2 is 2.29 bits per heavy atom. The number of ether oxygens (including phenoxy) is 2. The smallest absolute Gasteiger partial charge is 0.340 e. The van der Waals surface area contributed by atoms with Crippen LogP contribution in [0.5, 0.6) is 0 Å². The van der Waals surface area contributed by atoms with E-state index < -0.39 is 5.97 Å². The predicted octanol–water partition coefficient (Wildman–Crippen LogP) is 2.71. The molecular formula is C15H21ClN2O3. The molecule has 1 aliphatic rings. The molecule has 1 heterocycles. The molecule has 1 aromatic carbocycles. The van der Waals surface area contributed by atoms with Gasteiger partial charge in [-0.25, -0.2) is 4.79 Å². The maximum Gasteiger partial charge on any atom is 0.340 e. The van der Waals surface area contributed by atoms with Crippen molar-refractivity contribution in [3.8, 4) is 0 Å². The molecule has 1 aliphatic heterocycles. The maximum atomic E-state index is 12.2. The Kier molecular flexibility index (Phi) is 5.31. The zero-order chi connectivity index (χ0) is 15.4. The molecule has 1 saturated heterocycles. The topological polar surface area (TPSA) is 64.8 Å². The van der Waals surface area contributed by atoms with Gasteiger partial charge in [0, 0.05) is 25.9 Å². The summed E-state index contributed by atoms with van der Waals surface area (Å²) in [5.41, 5.74) is 7.36. The number of rotatable bonds is 4. The molecule has 1 atom stereocenters. The van der Waals surface area contributed by atoms with Crippen molar-refractivity contribution in [3.63, 3.8) is 0 Å². The number of carbonyl (C=O) groups excluding carboxylic acids is 1. The van der Waals surface area contributed by atoms with E-state index in [1.165, 1.54) is 0 Å². The Morgan fingerprint density at radius 1 is 1.52 bits per heavy atom. The number of nitrogens with zero attached hydrogens (tertiary/aromatic N) is 1. The van der Waals surface area contributed by atoms with Crippen molar-refractivity contribution in [1.82, 2.24) is 0 Å². The second-order valence-electron chi connectivity index (χ2n) is 5.07. The zero-order valence-electron chi connectivity index (χ0n) is 12.4. The standard InChI is InChI=1S/C15H21ClN2O3/c1-3-21-15(19)12-7-10(17)8-13(16)14(12)18-6-4-5-11(9-18)20-2/h7-8,11H,3-6,9,17H2,1-2H3. The molecule has 5 nitrogen and oxygen atoms in total. The van der Waals surface area contributed by atoms with E-state index in [-0.39, 0.29) is 6.10 Å². The first-order chi connectivity index (χ1) is 10.1. The third-order valence-electron chi connectivity index (χ3n) is 3.61. The van der Waals surface area contributed by atoms with Crippen molar-refractivity contribution >= 4 is 28.9 Å². The summed E-state index contributed by atoms with van der Waals surface area (Å²) in [5.74, 6) is -0.402. The van der Waals surface area contributed by atoms with Gasteiger partial charge in [0.2, 0.25) is 0 Å². The van der Waals surface area contributed by atoms with E-state index in [1.54, 1.807) is 26.2 Å². The molecule has 116 valence electrons. The number of nitrogen functional groups attached to an aromatic ring is 1. The molecule has 0 bridgehead atoms. The lowest BCUT2D eigenvalue weighted by Crippen LogP contribution is -2.40. The number of halogens is 1. The van der Waals surface area contributed by atoms with Gasteiger partial charge in [0.1, 0.15) is 0 Å². The first kappa shape index (κ1) is 15.9. The van der Waals surface area contributed by atoms with E-state index in [9.17, 15) is 4.79 Å². The summed E-state index contributed by atoms with van der Waals surface area (Å²) in [6.07, 6.45) is 2.14. The monoisotopic (exact) mass is 312 g/mol. The van der Waals surface area contributed by atoms with Gasteiger partial charge in [-0.2, -0.15) is 0 Å². The Morgan fingerprint density at radius 3 is 2.95 bits per heavy atom. The lowest BCUT2D eigenvalue weighted by molar-refractivity contribution is 0.0526. The molecular weight excluding hydrogens is 292 g/mol. The average molecular weight is 313 g/mol. The highest BCUT2D eigenvalue weighted by Crippen LogP contribution is 2.35. The minimum atomic E-state index is -0.402. The van der Waals surface area contributed by atoms with E-state index in [0.717, 1.165) is 19.4 Å². The van der Waals surface area contributed by atoms with Crippen molar-refractivity contribution in [1.29, 1.82) is 0 Å². The molecule has 0 aliphatic carbocycles. The van der Waals surface area contributed by atoms with Crippen LogP contribution in [0.25, 0.3) is 0 Å². The summed E-state index contributed by atoms with van der Waals surface area (Å²) in [6.45, 7) is 3.61. The average Bonchev–Trinajstić information content (AvgIpc) is 2.46. The lowest BCUT2D eigenvalue weighted by Gasteiger charge is -2.35. The molecule has 1 fully saturated rings. The molecule has 0 aromatic heterocycles. The fourth-order valence-electron chi connectivity index (χ4n) is 2.64. The molecule has 1 unspecified atom stereocenters. The van der Waals surface area contributed by atoms with Crippen LogP contribution in [0, 0.1) is 0 Å². The number of hydrogen-bond acceptors (Lipinski definition) is 5. The van der Waals surface area contributed by atoms with E-state index in [1.807, 2.05) is 0 Å². The summed E-state index contributed by atoms with van der Waals surface area (Å²) < 4.78 is 10.5. The Hall–Kier alpha value is -1.46. The summed E-state index contributed by atoms with van der Waals surface area (Å²) in [7, 11) is 1.70. The van der Waals surface area contributed by atoms with Gasteiger partial charge in [-0.15, -0.1) is 0 Å². The Balaban J connectivity index is 2.38. The Bertz CT molecular complexity index is 522. The van der Waals surface area contributed by atoms with E-state index in [4.69, 9.17) is 26.8 Å². The van der Waals surface area contributed by atoms with Gasteiger partial charge >= 0.3 is 5.97 Å². The van der Waals surface area contributed by atoms with Crippen LogP contribution in [0.2, 0.25) is 5.02 Å². The number of nitrogens with two attached hydrogens (primary N) is 1. The molecule has 0 spiro atoms. The summed E-state index contributed by atoms with van der Waals surface area (Å²) in [5, 5.41) is 0.467. The molecule has 6 heteroatoms. The number of esters is 1. The highest BCUT2D eigenvalue weighted by atomic mass is 35.5. The minimum Gasteiger partial charge on any atom is -0.462 e. The number of piperidine rings is 1. The van der Waals surface area contributed by atoms with Crippen molar-refractivity contribution in [2.75, 3.05) is 37.4 Å². The summed E-state index contributed by atoms with van der Waals surface area (Å²) >= 11 is 6.33. The molecule has 21 heavy (non-hydrogen) atoms. The predicted molar refractivity (Wildman–Crippen MR) is 84.1 cm³/mol. The van der Waals surface area contributed by atoms with Gasteiger partial charge in [0.05, 0.1) is 29.0 Å². The van der Waals surface area contributed by atoms with E-state index in [0.29, 0.717) is 35.1 Å². The second kappa shape index (κ2) is 7.00. The summed E-state index contributed by atoms with van der Waals surface area (Å²) in [4.78, 5) is 14.2. The van der Waals surface area contributed by atoms with Gasteiger partial charge < -0.3 is 20.1 Å². The van der Waals surface area contributed by atoms with Crippen LogP contribution in [-0.4, -0.2) is 38.9 Å². The fraction of sp³-hybridized carbons (Fsp3) is 0.533. The molecule has 2 rings (SSSR count). The second-order valence-corrected chi connectivity index (χ2v) is 5.47. The molecule has 1 aromatic rings. The first-order valence-corrected chi connectivity index (χ1v) is 7.48. The van der Waals surface area contributed by atoms with Crippen LogP contribution in [0.3, 0.4) is 0 Å². The van der Waals surface area contributed by atoms with Gasteiger partial charge in [0.25, 0.3) is 0 Å². The number of anilines is 2. The van der Waals surface area contributed by atoms with Crippen LogP contribution in [-0.2, 0) is 9.47 Å². The van der Waals surface area contributed by atoms with Gasteiger partial charge in [0.15, 0.2) is 0 Å². The van der Waals surface area contributed by atoms with E-state index in [2.05, 4.69) is 4.90 Å². The fourth-order valence-corrected chi connectivity index (χ4v) is 2.99. The molecule has 0 saturated carbocycles. The largest absolute Gasteiger partial charge is 0.462 e. The van der Waals surface area contributed by atoms with Gasteiger partial charge in [-0.1, -0.05) is 11.6 Å². The molecule has 0 amide bonds. The summed E-state index contributed by atoms with van der Waals surface area (Å²) in [6, 6.07) is 3.28. The van der Waals surface area contributed by atoms with Crippen LogP contribution >= 0.6 is 11.6 Å². The molecule has 2 N–H and O–H groups in total. The van der Waals surface area contributed by atoms with Crippen molar-refractivity contribution < 1.29 is 14.3 Å².